The van der Waals surface area contributed by atoms with Crippen LogP contribution in [0.3, 0.4) is 0 Å². The van der Waals surface area contributed by atoms with Gasteiger partial charge in [-0.25, -0.2) is 9.78 Å². The van der Waals surface area contributed by atoms with E-state index in [1.54, 1.807) is 37.4 Å². The fourth-order valence-electron chi connectivity index (χ4n) is 3.63. The lowest BCUT2D eigenvalue weighted by Gasteiger charge is -2.15. The molecule has 0 aliphatic rings. The summed E-state index contributed by atoms with van der Waals surface area (Å²) in [6, 6.07) is 6.98. The Labute approximate surface area is 187 Å². The van der Waals surface area contributed by atoms with Crippen LogP contribution in [0.5, 0.6) is 0 Å². The molecule has 3 heterocycles. The van der Waals surface area contributed by atoms with E-state index in [2.05, 4.69) is 15.5 Å². The number of benzene rings is 1. The zero-order valence-corrected chi connectivity index (χ0v) is 18.6. The van der Waals surface area contributed by atoms with Crippen LogP contribution in [-0.2, 0) is 20.5 Å². The number of aryl methyl sites for hydroxylation is 3. The minimum absolute atomic E-state index is 0.149. The van der Waals surface area contributed by atoms with Crippen LogP contribution in [0.2, 0.25) is 5.02 Å². The molecule has 0 aliphatic carbocycles. The second-order valence-corrected chi connectivity index (χ2v) is 7.72. The Morgan fingerprint density at radius 2 is 1.91 bits per heavy atom. The van der Waals surface area contributed by atoms with Crippen molar-refractivity contribution < 1.29 is 9.32 Å². The molecule has 4 aromatic rings. The van der Waals surface area contributed by atoms with Crippen LogP contribution in [0.15, 0.2) is 44.6 Å². The Bertz CT molecular complexity index is 1500. The quantitative estimate of drug-likeness (QED) is 0.508. The molecule has 3 aromatic heterocycles. The molecule has 1 N–H and O–H groups in total. The lowest BCUT2D eigenvalue weighted by atomic mass is 10.0. The molecular formula is C22H20ClN5O4. The van der Waals surface area contributed by atoms with Crippen LogP contribution in [0.4, 0.5) is 5.69 Å². The minimum Gasteiger partial charge on any atom is -0.360 e. The standard InChI is InChI=1S/C22H20ClN5O4/c1-5-12-10-24-19-16(21(30)28(4)22(31)27(19)3)17(12)25-20(29)15-11(2)32-26-18(15)13-8-6-7-9-14(13)23/h6-10H,5H2,1-4H3,(H,24,25,29). The second-order valence-electron chi connectivity index (χ2n) is 7.31. The molecule has 10 heteroatoms. The molecule has 0 fully saturated rings. The summed E-state index contributed by atoms with van der Waals surface area (Å²) in [5.41, 5.74) is 1.11. The Morgan fingerprint density at radius 3 is 2.59 bits per heavy atom. The molecule has 0 radical (unpaired) electrons. The van der Waals surface area contributed by atoms with E-state index in [1.165, 1.54) is 18.7 Å². The Balaban J connectivity index is 1.92. The predicted molar refractivity (Wildman–Crippen MR) is 121 cm³/mol. The van der Waals surface area contributed by atoms with Crippen LogP contribution in [0.25, 0.3) is 22.3 Å². The van der Waals surface area contributed by atoms with Gasteiger partial charge < -0.3 is 9.84 Å². The lowest BCUT2D eigenvalue weighted by molar-refractivity contribution is 0.102. The van der Waals surface area contributed by atoms with Crippen LogP contribution >= 0.6 is 11.6 Å². The van der Waals surface area contributed by atoms with Crippen LogP contribution in [0, 0.1) is 6.92 Å². The smallest absolute Gasteiger partial charge is 0.332 e. The normalized spacial score (nSPS) is 11.2. The fourth-order valence-corrected chi connectivity index (χ4v) is 3.86. The number of nitrogens with one attached hydrogen (secondary N) is 1. The highest BCUT2D eigenvalue weighted by molar-refractivity contribution is 6.33. The van der Waals surface area contributed by atoms with E-state index in [9.17, 15) is 14.4 Å². The molecule has 0 spiro atoms. The summed E-state index contributed by atoms with van der Waals surface area (Å²) >= 11 is 6.30. The van der Waals surface area contributed by atoms with Gasteiger partial charge in [0.2, 0.25) is 0 Å². The molecule has 0 unspecified atom stereocenters. The number of aromatic nitrogens is 4. The number of rotatable bonds is 4. The monoisotopic (exact) mass is 453 g/mol. The van der Waals surface area contributed by atoms with E-state index in [-0.39, 0.29) is 16.6 Å². The number of anilines is 1. The van der Waals surface area contributed by atoms with Crippen molar-refractivity contribution >= 4 is 34.2 Å². The highest BCUT2D eigenvalue weighted by atomic mass is 35.5. The van der Waals surface area contributed by atoms with E-state index >= 15 is 0 Å². The van der Waals surface area contributed by atoms with Crippen molar-refractivity contribution in [1.29, 1.82) is 0 Å². The zero-order chi connectivity index (χ0) is 23.2. The molecule has 0 bridgehead atoms. The minimum atomic E-state index is -0.547. The van der Waals surface area contributed by atoms with Gasteiger partial charge in [-0.2, -0.15) is 0 Å². The van der Waals surface area contributed by atoms with Crippen molar-refractivity contribution in [3.05, 3.63) is 73.2 Å². The molecule has 4 rings (SSSR count). The molecule has 1 amide bonds. The molecular weight excluding hydrogens is 434 g/mol. The van der Waals surface area contributed by atoms with Gasteiger partial charge in [-0.3, -0.25) is 18.7 Å². The lowest BCUT2D eigenvalue weighted by Crippen LogP contribution is -2.38. The predicted octanol–water partition coefficient (Wildman–Crippen LogP) is 3.06. The summed E-state index contributed by atoms with van der Waals surface area (Å²) in [6.07, 6.45) is 2.05. The number of carbonyl (C=O) groups excluding carboxylic acids is 1. The van der Waals surface area contributed by atoms with Gasteiger partial charge in [-0.1, -0.05) is 41.9 Å². The highest BCUT2D eigenvalue weighted by Gasteiger charge is 2.25. The average molecular weight is 454 g/mol. The van der Waals surface area contributed by atoms with Crippen LogP contribution in [0.1, 0.15) is 28.6 Å². The van der Waals surface area contributed by atoms with Crippen molar-refractivity contribution in [2.45, 2.75) is 20.3 Å². The third-order valence-electron chi connectivity index (χ3n) is 5.39. The molecule has 1 aromatic carbocycles. The summed E-state index contributed by atoms with van der Waals surface area (Å²) < 4.78 is 7.55. The van der Waals surface area contributed by atoms with Gasteiger partial charge in [0.25, 0.3) is 11.5 Å². The number of carbonyl (C=O) groups is 1. The fraction of sp³-hybridized carbons (Fsp3) is 0.227. The number of halogens is 1. The number of pyridine rings is 1. The first-order valence-electron chi connectivity index (χ1n) is 9.86. The third-order valence-corrected chi connectivity index (χ3v) is 5.72. The molecule has 0 aliphatic heterocycles. The molecule has 0 saturated carbocycles. The molecule has 9 nitrogen and oxygen atoms in total. The van der Waals surface area contributed by atoms with Gasteiger partial charge >= 0.3 is 5.69 Å². The number of amides is 1. The van der Waals surface area contributed by atoms with Crippen LogP contribution in [-0.4, -0.2) is 25.2 Å². The van der Waals surface area contributed by atoms with Gasteiger partial charge in [0, 0.05) is 25.9 Å². The van der Waals surface area contributed by atoms with Gasteiger partial charge in [0.1, 0.15) is 22.4 Å². The highest BCUT2D eigenvalue weighted by Crippen LogP contribution is 2.32. The molecule has 32 heavy (non-hydrogen) atoms. The summed E-state index contributed by atoms with van der Waals surface area (Å²) in [4.78, 5) is 43.0. The van der Waals surface area contributed by atoms with E-state index < -0.39 is 17.2 Å². The third kappa shape index (κ3) is 3.31. The van der Waals surface area contributed by atoms with Gasteiger partial charge in [0.15, 0.2) is 5.65 Å². The number of nitrogens with zero attached hydrogens (tertiary/aromatic N) is 4. The van der Waals surface area contributed by atoms with E-state index in [1.807, 2.05) is 6.92 Å². The van der Waals surface area contributed by atoms with Gasteiger partial charge in [-0.05, 0) is 25.0 Å². The van der Waals surface area contributed by atoms with Gasteiger partial charge in [-0.15, -0.1) is 0 Å². The molecule has 164 valence electrons. The number of hydrogen-bond acceptors (Lipinski definition) is 6. The van der Waals surface area contributed by atoms with Crippen LogP contribution < -0.4 is 16.6 Å². The summed E-state index contributed by atoms with van der Waals surface area (Å²) in [7, 11) is 2.90. The molecule has 0 saturated heterocycles. The van der Waals surface area contributed by atoms with Crippen molar-refractivity contribution in [3.8, 4) is 11.3 Å². The second kappa shape index (κ2) is 8.08. The topological polar surface area (TPSA) is 112 Å². The first kappa shape index (κ1) is 21.5. The van der Waals surface area contributed by atoms with E-state index in [0.717, 1.165) is 4.57 Å². The Hall–Kier alpha value is -3.72. The summed E-state index contributed by atoms with van der Waals surface area (Å²) in [5, 5.41) is 7.44. The molecule has 0 atom stereocenters. The maximum Gasteiger partial charge on any atom is 0.332 e. The number of fused-ring (bicyclic) bond motifs is 1. The first-order chi connectivity index (χ1) is 15.3. The Morgan fingerprint density at radius 1 is 1.19 bits per heavy atom. The van der Waals surface area contributed by atoms with Crippen molar-refractivity contribution in [3.63, 3.8) is 0 Å². The maximum atomic E-state index is 13.4. The summed E-state index contributed by atoms with van der Waals surface area (Å²) in [5.74, 6) is -0.217. The summed E-state index contributed by atoms with van der Waals surface area (Å²) in [6.45, 7) is 3.50. The van der Waals surface area contributed by atoms with Crippen molar-refractivity contribution in [2.24, 2.45) is 14.1 Å². The van der Waals surface area contributed by atoms with E-state index in [4.69, 9.17) is 16.1 Å². The largest absolute Gasteiger partial charge is 0.360 e. The zero-order valence-electron chi connectivity index (χ0n) is 17.9. The van der Waals surface area contributed by atoms with Crippen molar-refractivity contribution in [2.75, 3.05) is 5.32 Å². The SMILES string of the molecule is CCc1cnc2c(c1NC(=O)c1c(-c3ccccc3Cl)noc1C)c(=O)n(C)c(=O)n2C. The number of hydrogen-bond donors (Lipinski definition) is 1. The first-order valence-corrected chi connectivity index (χ1v) is 10.2. The van der Waals surface area contributed by atoms with Crippen molar-refractivity contribution in [1.82, 2.24) is 19.3 Å². The van der Waals surface area contributed by atoms with E-state index in [0.29, 0.717) is 39.7 Å². The maximum absolute atomic E-state index is 13.4. The average Bonchev–Trinajstić information content (AvgIpc) is 3.17. The van der Waals surface area contributed by atoms with Gasteiger partial charge in [0.05, 0.1) is 10.7 Å². The Kier molecular flexibility index (Phi) is 5.43.